The molecule has 0 rings (SSSR count). The maximum atomic E-state index is 12.7. The molecule has 1 unspecified atom stereocenters. The topological polar surface area (TPSA) is 78.9 Å². The molecule has 0 aromatic carbocycles. The summed E-state index contributed by atoms with van der Waals surface area (Å²) in [5.41, 5.74) is 0. The molecule has 0 heterocycles. The third-order valence-electron chi connectivity index (χ3n) is 10.2. The van der Waals surface area contributed by atoms with E-state index in [1.807, 2.05) is 0 Å². The van der Waals surface area contributed by atoms with Crippen molar-refractivity contribution in [3.8, 4) is 0 Å². The summed E-state index contributed by atoms with van der Waals surface area (Å²) in [6.45, 7) is 6.44. The lowest BCUT2D eigenvalue weighted by molar-refractivity contribution is -0.167. The van der Waals surface area contributed by atoms with Crippen molar-refractivity contribution in [2.45, 2.75) is 232 Å². The van der Waals surface area contributed by atoms with E-state index in [9.17, 15) is 14.4 Å². The molecule has 0 aromatic heterocycles. The molecule has 0 aliphatic rings. The van der Waals surface area contributed by atoms with Crippen molar-refractivity contribution in [1.29, 1.82) is 0 Å². The molecule has 0 radical (unpaired) electrons. The van der Waals surface area contributed by atoms with Gasteiger partial charge >= 0.3 is 17.9 Å². The third-order valence-corrected chi connectivity index (χ3v) is 10.2. The summed E-state index contributed by atoms with van der Waals surface area (Å²) in [5.74, 6) is -0.937. The minimum absolute atomic E-state index is 0.0889. The van der Waals surface area contributed by atoms with Crippen LogP contribution in [0.15, 0.2) is 72.9 Å². The summed E-state index contributed by atoms with van der Waals surface area (Å²) in [6, 6.07) is 0. The number of carbonyl (C=O) groups excluding carboxylic acids is 3. The van der Waals surface area contributed by atoms with Crippen LogP contribution in [-0.4, -0.2) is 37.2 Å². The Kier molecular flexibility index (Phi) is 45.0. The third kappa shape index (κ3) is 45.8. The summed E-state index contributed by atoms with van der Waals surface area (Å²) >= 11 is 0. The zero-order valence-corrected chi connectivity index (χ0v) is 38.5. The van der Waals surface area contributed by atoms with E-state index in [4.69, 9.17) is 14.2 Å². The van der Waals surface area contributed by atoms with Crippen molar-refractivity contribution in [3.63, 3.8) is 0 Å². The Balaban J connectivity index is 4.39. The Morgan fingerprint density at radius 2 is 0.661 bits per heavy atom. The molecule has 6 heteroatoms. The molecule has 0 aliphatic carbocycles. The van der Waals surface area contributed by atoms with E-state index in [2.05, 4.69) is 93.7 Å². The number of ether oxygens (including phenoxy) is 3. The molecule has 0 amide bonds. The molecular weight excluding hydrogens is 733 g/mol. The fraction of sp³-hybridized carbons (Fsp3) is 0.717. The molecule has 0 fully saturated rings. The second-order valence-corrected chi connectivity index (χ2v) is 16.0. The van der Waals surface area contributed by atoms with Crippen LogP contribution in [0.25, 0.3) is 0 Å². The highest BCUT2D eigenvalue weighted by Gasteiger charge is 2.19. The number of hydrogen-bond acceptors (Lipinski definition) is 6. The van der Waals surface area contributed by atoms with Crippen LogP contribution in [-0.2, 0) is 28.6 Å². The second-order valence-electron chi connectivity index (χ2n) is 16.0. The van der Waals surface area contributed by atoms with Gasteiger partial charge in [0.15, 0.2) is 6.10 Å². The average Bonchev–Trinajstić information content (AvgIpc) is 3.23. The van der Waals surface area contributed by atoms with Crippen LogP contribution >= 0.6 is 0 Å². The van der Waals surface area contributed by atoms with Gasteiger partial charge in [0, 0.05) is 19.3 Å². The highest BCUT2D eigenvalue weighted by molar-refractivity contribution is 5.71. The van der Waals surface area contributed by atoms with Crippen LogP contribution in [0.5, 0.6) is 0 Å². The van der Waals surface area contributed by atoms with Gasteiger partial charge in [-0.1, -0.05) is 190 Å². The molecule has 0 spiro atoms. The zero-order chi connectivity index (χ0) is 43.0. The van der Waals surface area contributed by atoms with Gasteiger partial charge in [0.2, 0.25) is 0 Å². The van der Waals surface area contributed by atoms with E-state index in [1.165, 1.54) is 77.0 Å². The van der Waals surface area contributed by atoms with Gasteiger partial charge in [-0.2, -0.15) is 0 Å². The van der Waals surface area contributed by atoms with Gasteiger partial charge in [0.1, 0.15) is 13.2 Å². The first-order valence-electron chi connectivity index (χ1n) is 24.4. The fourth-order valence-electron chi connectivity index (χ4n) is 6.52. The lowest BCUT2D eigenvalue weighted by Crippen LogP contribution is -2.30. The lowest BCUT2D eigenvalue weighted by Gasteiger charge is -2.18. The maximum absolute atomic E-state index is 12.7. The van der Waals surface area contributed by atoms with Gasteiger partial charge in [-0.15, -0.1) is 0 Å². The Bertz CT molecular complexity index is 1130. The van der Waals surface area contributed by atoms with Crippen molar-refractivity contribution in [3.05, 3.63) is 72.9 Å². The van der Waals surface area contributed by atoms with E-state index in [1.54, 1.807) is 0 Å². The summed E-state index contributed by atoms with van der Waals surface area (Å²) in [5, 5.41) is 0. The second kappa shape index (κ2) is 47.5. The van der Waals surface area contributed by atoms with Crippen molar-refractivity contribution < 1.29 is 28.6 Å². The summed E-state index contributed by atoms with van der Waals surface area (Å²) in [7, 11) is 0. The van der Waals surface area contributed by atoms with Crippen LogP contribution in [0.3, 0.4) is 0 Å². The summed E-state index contributed by atoms with van der Waals surface area (Å²) < 4.78 is 16.7. The molecule has 59 heavy (non-hydrogen) atoms. The smallest absolute Gasteiger partial charge is 0.306 e. The Labute approximate surface area is 363 Å². The standard InChI is InChI=1S/C53H90O6/c1-4-7-10-13-16-19-21-23-25-26-27-28-29-31-32-34-37-40-43-46-52(55)58-49-50(48-57-51(54)45-42-39-36-18-15-12-9-6-3)59-53(56)47-44-41-38-35-33-30-24-22-20-17-14-11-8-5-2/h7,10,16,19,22-25,27-28,31-32,50H,4-6,8-9,11-15,17-18,20-21,26,29-30,33-49H2,1-3H3/b10-7-,19-16-,24-22-,25-23-,28-27-,32-31-. The highest BCUT2D eigenvalue weighted by Crippen LogP contribution is 2.13. The lowest BCUT2D eigenvalue weighted by atomic mass is 10.1. The molecular formula is C53H90O6. The number of hydrogen-bond donors (Lipinski definition) is 0. The fourth-order valence-corrected chi connectivity index (χ4v) is 6.52. The summed E-state index contributed by atoms with van der Waals surface area (Å²) in [4.78, 5) is 37.8. The summed E-state index contributed by atoms with van der Waals surface area (Å²) in [6.07, 6.45) is 58.9. The number of rotatable bonds is 43. The van der Waals surface area contributed by atoms with Gasteiger partial charge in [-0.25, -0.2) is 0 Å². The van der Waals surface area contributed by atoms with Crippen molar-refractivity contribution in [1.82, 2.24) is 0 Å². The molecule has 6 nitrogen and oxygen atoms in total. The predicted molar refractivity (Wildman–Crippen MR) is 251 cm³/mol. The average molecular weight is 823 g/mol. The Hall–Kier alpha value is -3.15. The van der Waals surface area contributed by atoms with Crippen molar-refractivity contribution in [2.75, 3.05) is 13.2 Å². The predicted octanol–water partition coefficient (Wildman–Crippen LogP) is 15.9. The quantitative estimate of drug-likeness (QED) is 0.0264. The Morgan fingerprint density at radius 3 is 1.07 bits per heavy atom. The van der Waals surface area contributed by atoms with Crippen LogP contribution in [0.4, 0.5) is 0 Å². The molecule has 0 saturated heterocycles. The first kappa shape index (κ1) is 55.9. The van der Waals surface area contributed by atoms with E-state index in [0.29, 0.717) is 19.3 Å². The van der Waals surface area contributed by atoms with Crippen LogP contribution in [0.1, 0.15) is 226 Å². The van der Waals surface area contributed by atoms with E-state index >= 15 is 0 Å². The van der Waals surface area contributed by atoms with Crippen LogP contribution < -0.4 is 0 Å². The van der Waals surface area contributed by atoms with Gasteiger partial charge in [-0.3, -0.25) is 14.4 Å². The number of esters is 3. The normalized spacial score (nSPS) is 12.7. The van der Waals surface area contributed by atoms with E-state index in [0.717, 1.165) is 109 Å². The van der Waals surface area contributed by atoms with Crippen LogP contribution in [0.2, 0.25) is 0 Å². The first-order valence-corrected chi connectivity index (χ1v) is 24.4. The maximum Gasteiger partial charge on any atom is 0.306 e. The zero-order valence-electron chi connectivity index (χ0n) is 38.5. The molecule has 0 bridgehead atoms. The molecule has 1 atom stereocenters. The molecule has 0 saturated carbocycles. The van der Waals surface area contributed by atoms with Gasteiger partial charge < -0.3 is 14.2 Å². The van der Waals surface area contributed by atoms with Crippen molar-refractivity contribution >= 4 is 17.9 Å². The highest BCUT2D eigenvalue weighted by atomic mass is 16.6. The number of unbranched alkanes of at least 4 members (excludes halogenated alkanes) is 20. The van der Waals surface area contributed by atoms with E-state index < -0.39 is 6.10 Å². The molecule has 0 N–H and O–H groups in total. The minimum atomic E-state index is -0.789. The van der Waals surface area contributed by atoms with Crippen molar-refractivity contribution in [2.24, 2.45) is 0 Å². The first-order chi connectivity index (χ1) is 29.0. The number of carbonyl (C=O) groups is 3. The largest absolute Gasteiger partial charge is 0.462 e. The molecule has 0 aliphatic heterocycles. The van der Waals surface area contributed by atoms with Gasteiger partial charge in [-0.05, 0) is 89.9 Å². The minimum Gasteiger partial charge on any atom is -0.462 e. The van der Waals surface area contributed by atoms with Gasteiger partial charge in [0.25, 0.3) is 0 Å². The molecule has 0 aromatic rings. The monoisotopic (exact) mass is 823 g/mol. The van der Waals surface area contributed by atoms with Gasteiger partial charge in [0.05, 0.1) is 0 Å². The Morgan fingerprint density at radius 1 is 0.356 bits per heavy atom. The van der Waals surface area contributed by atoms with E-state index in [-0.39, 0.29) is 31.1 Å². The number of allylic oxidation sites excluding steroid dienone is 12. The molecule has 338 valence electrons. The van der Waals surface area contributed by atoms with Crippen LogP contribution in [0, 0.1) is 0 Å². The SMILES string of the molecule is CC/C=C\C/C=C\C/C=C\C/C=C\C/C=C\CCCCCC(=O)OCC(COC(=O)CCCCCCCCCC)OC(=O)CCCCCCC/C=C\CCCCCCC.